The van der Waals surface area contributed by atoms with Gasteiger partial charge in [-0.3, -0.25) is 9.69 Å². The van der Waals surface area contributed by atoms with Gasteiger partial charge in [0, 0.05) is 33.2 Å². The average molecular weight is 350 g/mol. The van der Waals surface area contributed by atoms with Crippen molar-refractivity contribution in [1.82, 2.24) is 9.80 Å². The average Bonchev–Trinajstić information content (AvgIpc) is 2.99. The lowest BCUT2D eigenvalue weighted by Crippen LogP contribution is -2.43. The molecule has 138 valence electrons. The summed E-state index contributed by atoms with van der Waals surface area (Å²) >= 11 is 0. The topological polar surface area (TPSA) is 42.0 Å². The highest BCUT2D eigenvalue weighted by molar-refractivity contribution is 5.76. The fourth-order valence-corrected chi connectivity index (χ4v) is 3.64. The molecule has 0 saturated carbocycles. The molecule has 2 aliphatic heterocycles. The standard InChI is InChI=1S/C19H27FN2O3/c1-21(2)19(23)13-24-12-16-7-8-17-18(25-16)9-10-22(17)11-14-3-5-15(20)6-4-14/h3-6,16-18H,7-13H2,1-2H3/t16-,17-,18-/m0/s1. The number of nitrogens with zero attached hydrogens (tertiary/aromatic N) is 2. The van der Waals surface area contributed by atoms with Crippen LogP contribution < -0.4 is 0 Å². The lowest BCUT2D eigenvalue weighted by Gasteiger charge is -2.36. The van der Waals surface area contributed by atoms with Crippen LogP contribution in [0.3, 0.4) is 0 Å². The molecule has 5 nitrogen and oxygen atoms in total. The Morgan fingerprint density at radius 2 is 2.04 bits per heavy atom. The van der Waals surface area contributed by atoms with Gasteiger partial charge in [-0.15, -0.1) is 0 Å². The molecule has 2 fully saturated rings. The van der Waals surface area contributed by atoms with Gasteiger partial charge in [0.1, 0.15) is 12.4 Å². The predicted octanol–water partition coefficient (Wildman–Crippen LogP) is 2.05. The largest absolute Gasteiger partial charge is 0.371 e. The van der Waals surface area contributed by atoms with Crippen LogP contribution in [0.2, 0.25) is 0 Å². The lowest BCUT2D eigenvalue weighted by atomic mass is 9.99. The molecule has 0 N–H and O–H groups in total. The van der Waals surface area contributed by atoms with Crippen molar-refractivity contribution < 1.29 is 18.7 Å². The van der Waals surface area contributed by atoms with E-state index in [9.17, 15) is 9.18 Å². The first-order valence-electron chi connectivity index (χ1n) is 8.95. The molecular weight excluding hydrogens is 323 g/mol. The molecule has 0 spiro atoms. The second-order valence-electron chi connectivity index (χ2n) is 7.13. The smallest absolute Gasteiger partial charge is 0.248 e. The Kier molecular flexibility index (Phi) is 6.04. The molecule has 3 rings (SSSR count). The van der Waals surface area contributed by atoms with Gasteiger partial charge in [0.2, 0.25) is 5.91 Å². The summed E-state index contributed by atoms with van der Waals surface area (Å²) < 4.78 is 24.7. The third-order valence-corrected chi connectivity index (χ3v) is 5.08. The van der Waals surface area contributed by atoms with Crippen LogP contribution in [0, 0.1) is 5.82 Å². The SMILES string of the molecule is CN(C)C(=O)COC[C@@H]1CC[C@H]2[C@H](CCN2Cc2ccc(F)cc2)O1. The number of likely N-dealkylation sites (tertiary alicyclic amines) is 1. The minimum atomic E-state index is -0.195. The Morgan fingerprint density at radius 3 is 2.76 bits per heavy atom. The third-order valence-electron chi connectivity index (χ3n) is 5.08. The number of carbonyl (C=O) groups excluding carboxylic acids is 1. The summed E-state index contributed by atoms with van der Waals surface area (Å²) in [6.45, 7) is 2.42. The van der Waals surface area contributed by atoms with Gasteiger partial charge in [-0.2, -0.15) is 0 Å². The first-order chi connectivity index (χ1) is 12.0. The zero-order valence-electron chi connectivity index (χ0n) is 15.0. The molecule has 1 amide bonds. The highest BCUT2D eigenvalue weighted by Crippen LogP contribution is 2.32. The number of ether oxygens (including phenoxy) is 2. The van der Waals surface area contributed by atoms with E-state index in [0.717, 1.165) is 37.9 Å². The first-order valence-corrected chi connectivity index (χ1v) is 8.95. The minimum absolute atomic E-state index is 0.0278. The van der Waals surface area contributed by atoms with Crippen molar-refractivity contribution in [2.45, 2.75) is 44.1 Å². The van der Waals surface area contributed by atoms with Crippen LogP contribution >= 0.6 is 0 Å². The highest BCUT2D eigenvalue weighted by atomic mass is 19.1. The number of benzene rings is 1. The van der Waals surface area contributed by atoms with E-state index >= 15 is 0 Å². The number of hydrogen-bond acceptors (Lipinski definition) is 4. The fourth-order valence-electron chi connectivity index (χ4n) is 3.64. The van der Waals surface area contributed by atoms with E-state index in [4.69, 9.17) is 9.47 Å². The molecular formula is C19H27FN2O3. The van der Waals surface area contributed by atoms with Gasteiger partial charge >= 0.3 is 0 Å². The minimum Gasteiger partial charge on any atom is -0.371 e. The van der Waals surface area contributed by atoms with Gasteiger partial charge in [0.05, 0.1) is 18.8 Å². The summed E-state index contributed by atoms with van der Waals surface area (Å²) in [5.41, 5.74) is 1.13. The molecule has 0 radical (unpaired) electrons. The Bertz CT molecular complexity index is 579. The zero-order chi connectivity index (χ0) is 17.8. The van der Waals surface area contributed by atoms with Crippen molar-refractivity contribution in [2.75, 3.05) is 33.9 Å². The van der Waals surface area contributed by atoms with Gasteiger partial charge < -0.3 is 14.4 Å². The van der Waals surface area contributed by atoms with Gasteiger partial charge in [-0.1, -0.05) is 12.1 Å². The Morgan fingerprint density at radius 1 is 1.28 bits per heavy atom. The van der Waals surface area contributed by atoms with Crippen molar-refractivity contribution in [1.29, 1.82) is 0 Å². The molecule has 0 aliphatic carbocycles. The second kappa shape index (κ2) is 8.25. The van der Waals surface area contributed by atoms with E-state index in [1.54, 1.807) is 14.1 Å². The summed E-state index contributed by atoms with van der Waals surface area (Å²) in [4.78, 5) is 15.5. The maximum Gasteiger partial charge on any atom is 0.248 e. The number of carbonyl (C=O) groups is 1. The molecule has 1 aromatic carbocycles. The van der Waals surface area contributed by atoms with Crippen LogP contribution in [-0.4, -0.2) is 67.8 Å². The van der Waals surface area contributed by atoms with E-state index in [1.807, 2.05) is 12.1 Å². The zero-order valence-corrected chi connectivity index (χ0v) is 15.0. The maximum atomic E-state index is 13.0. The summed E-state index contributed by atoms with van der Waals surface area (Å²) in [6, 6.07) is 7.16. The fraction of sp³-hybridized carbons (Fsp3) is 0.632. The Hall–Kier alpha value is -1.50. The molecule has 3 atom stereocenters. The number of amides is 1. The van der Waals surface area contributed by atoms with E-state index in [2.05, 4.69) is 4.90 Å². The molecule has 6 heteroatoms. The summed E-state index contributed by atoms with van der Waals surface area (Å²) in [7, 11) is 3.45. The number of hydrogen-bond donors (Lipinski definition) is 0. The van der Waals surface area contributed by atoms with Crippen molar-refractivity contribution in [3.63, 3.8) is 0 Å². The molecule has 25 heavy (non-hydrogen) atoms. The van der Waals surface area contributed by atoms with Gasteiger partial charge in [0.25, 0.3) is 0 Å². The summed E-state index contributed by atoms with van der Waals surface area (Å²) in [5.74, 6) is -0.223. The normalized spacial score (nSPS) is 26.4. The first kappa shape index (κ1) is 18.3. The van der Waals surface area contributed by atoms with Gasteiger partial charge in [0.15, 0.2) is 0 Å². The third kappa shape index (κ3) is 4.77. The molecule has 0 unspecified atom stereocenters. The second-order valence-corrected chi connectivity index (χ2v) is 7.13. The maximum absolute atomic E-state index is 13.0. The van der Waals surface area contributed by atoms with Crippen LogP contribution in [0.5, 0.6) is 0 Å². The van der Waals surface area contributed by atoms with E-state index in [0.29, 0.717) is 12.6 Å². The van der Waals surface area contributed by atoms with Crippen molar-refractivity contribution in [2.24, 2.45) is 0 Å². The van der Waals surface area contributed by atoms with Gasteiger partial charge in [-0.05, 0) is 37.0 Å². The lowest BCUT2D eigenvalue weighted by molar-refractivity contribution is -0.138. The Labute approximate surface area is 148 Å². The van der Waals surface area contributed by atoms with Crippen LogP contribution in [-0.2, 0) is 20.8 Å². The van der Waals surface area contributed by atoms with Crippen LogP contribution in [0.25, 0.3) is 0 Å². The van der Waals surface area contributed by atoms with E-state index < -0.39 is 0 Å². The molecule has 2 heterocycles. The van der Waals surface area contributed by atoms with Gasteiger partial charge in [-0.25, -0.2) is 4.39 Å². The number of halogens is 1. The molecule has 2 aliphatic rings. The van der Waals surface area contributed by atoms with E-state index in [-0.39, 0.29) is 30.5 Å². The quantitative estimate of drug-likeness (QED) is 0.788. The molecule has 0 aromatic heterocycles. The van der Waals surface area contributed by atoms with Crippen LogP contribution in [0.15, 0.2) is 24.3 Å². The monoisotopic (exact) mass is 350 g/mol. The predicted molar refractivity (Wildman–Crippen MR) is 92.6 cm³/mol. The molecule has 0 bridgehead atoms. The van der Waals surface area contributed by atoms with E-state index in [1.165, 1.54) is 17.0 Å². The Balaban J connectivity index is 1.45. The summed E-state index contributed by atoms with van der Waals surface area (Å²) in [6.07, 6.45) is 3.33. The van der Waals surface area contributed by atoms with Crippen molar-refractivity contribution >= 4 is 5.91 Å². The molecule has 1 aromatic rings. The van der Waals surface area contributed by atoms with Crippen molar-refractivity contribution in [3.8, 4) is 0 Å². The molecule has 2 saturated heterocycles. The summed E-state index contributed by atoms with van der Waals surface area (Å²) in [5, 5.41) is 0. The number of likely N-dealkylation sites (N-methyl/N-ethyl adjacent to an activating group) is 1. The number of rotatable bonds is 6. The van der Waals surface area contributed by atoms with Crippen LogP contribution in [0.1, 0.15) is 24.8 Å². The van der Waals surface area contributed by atoms with Crippen molar-refractivity contribution in [3.05, 3.63) is 35.6 Å². The van der Waals surface area contributed by atoms with Crippen LogP contribution in [0.4, 0.5) is 4.39 Å². The highest BCUT2D eigenvalue weighted by Gasteiger charge is 2.39. The number of fused-ring (bicyclic) bond motifs is 1.